The van der Waals surface area contributed by atoms with E-state index in [1.165, 1.54) is 0 Å². The topological polar surface area (TPSA) is 90.9 Å². The van der Waals surface area contributed by atoms with Crippen molar-refractivity contribution >= 4 is 5.97 Å². The summed E-state index contributed by atoms with van der Waals surface area (Å²) in [5.74, 6) is -0.450. The molecule has 1 aliphatic heterocycles. The molecule has 0 bridgehead atoms. The second kappa shape index (κ2) is 18.7. The van der Waals surface area contributed by atoms with E-state index >= 15 is 0 Å². The van der Waals surface area contributed by atoms with Gasteiger partial charge in [0.05, 0.1) is 92.5 Å². The zero-order valence-electron chi connectivity index (χ0n) is 18.3. The number of esters is 1. The van der Waals surface area contributed by atoms with Crippen LogP contribution in [0.2, 0.25) is 0 Å². The van der Waals surface area contributed by atoms with Gasteiger partial charge in [0, 0.05) is 11.5 Å². The molecule has 0 amide bonds. The van der Waals surface area contributed by atoms with Crippen LogP contribution in [0.5, 0.6) is 0 Å². The Morgan fingerprint density at radius 2 is 1.17 bits per heavy atom. The molecule has 0 aromatic rings. The molecule has 0 atom stereocenters. The van der Waals surface area contributed by atoms with Crippen LogP contribution in [0.25, 0.3) is 0 Å². The lowest BCUT2D eigenvalue weighted by molar-refractivity contribution is -0.153. The zero-order valence-corrected chi connectivity index (χ0v) is 18.3. The monoisotopic (exact) mass is 434 g/mol. The second-order valence-electron chi connectivity index (χ2n) is 6.83. The van der Waals surface area contributed by atoms with Crippen LogP contribution in [0.4, 0.5) is 0 Å². The van der Waals surface area contributed by atoms with Gasteiger partial charge in [0.15, 0.2) is 0 Å². The summed E-state index contributed by atoms with van der Waals surface area (Å²) in [7, 11) is 0. The molecule has 1 saturated heterocycles. The molecule has 0 aromatic carbocycles. The van der Waals surface area contributed by atoms with E-state index in [1.807, 2.05) is 0 Å². The predicted molar refractivity (Wildman–Crippen MR) is 110 cm³/mol. The highest BCUT2D eigenvalue weighted by Crippen LogP contribution is 2.31. The van der Waals surface area contributed by atoms with Crippen molar-refractivity contribution in [2.45, 2.75) is 13.3 Å². The van der Waals surface area contributed by atoms with Crippen LogP contribution in [0.3, 0.4) is 0 Å². The second-order valence-corrected chi connectivity index (χ2v) is 6.83. The zero-order chi connectivity index (χ0) is 21.8. The normalized spacial score (nSPS) is 15.0. The fraction of sp³-hybridized carbons (Fsp3) is 0.857. The standard InChI is InChI=1S/C21H38O9/c1-3-20(22)30-16-15-27-12-11-25-8-7-23-5-6-24-9-10-26-13-14-28-17-21(4-2)18-29-19-21/h3H,1,4-19H2,2H3. The summed E-state index contributed by atoms with van der Waals surface area (Å²) in [5, 5.41) is 0. The number of carbonyl (C=O) groups excluding carboxylic acids is 1. The highest BCUT2D eigenvalue weighted by molar-refractivity contribution is 5.81. The van der Waals surface area contributed by atoms with E-state index in [0.29, 0.717) is 72.7 Å². The maximum absolute atomic E-state index is 10.8. The highest BCUT2D eigenvalue weighted by atomic mass is 16.6. The van der Waals surface area contributed by atoms with E-state index in [-0.39, 0.29) is 12.0 Å². The maximum atomic E-state index is 10.8. The molecule has 1 heterocycles. The van der Waals surface area contributed by atoms with Crippen LogP contribution < -0.4 is 0 Å². The summed E-state index contributed by atoms with van der Waals surface area (Å²) < 4.78 is 42.6. The molecular formula is C21H38O9. The molecule has 0 aliphatic carbocycles. The minimum absolute atomic E-state index is 0.211. The van der Waals surface area contributed by atoms with E-state index in [9.17, 15) is 4.79 Å². The number of hydrogen-bond acceptors (Lipinski definition) is 9. The molecular weight excluding hydrogens is 396 g/mol. The molecule has 0 aromatic heterocycles. The SMILES string of the molecule is C=CC(=O)OCCOCCOCCOCCOCCOCCOCC1(CC)COC1. The minimum atomic E-state index is -0.450. The van der Waals surface area contributed by atoms with E-state index in [2.05, 4.69) is 13.5 Å². The van der Waals surface area contributed by atoms with Crippen molar-refractivity contribution in [2.24, 2.45) is 5.41 Å². The van der Waals surface area contributed by atoms with Gasteiger partial charge in [-0.25, -0.2) is 4.79 Å². The van der Waals surface area contributed by atoms with Crippen LogP contribution in [0.15, 0.2) is 12.7 Å². The van der Waals surface area contributed by atoms with Crippen molar-refractivity contribution in [2.75, 3.05) is 99.1 Å². The Bertz CT molecular complexity index is 421. The Hall–Kier alpha value is -1.07. The molecule has 0 spiro atoms. The number of carbonyl (C=O) groups is 1. The van der Waals surface area contributed by atoms with Gasteiger partial charge >= 0.3 is 5.97 Å². The summed E-state index contributed by atoms with van der Waals surface area (Å²) in [6.07, 6.45) is 2.20. The third-order valence-electron chi connectivity index (χ3n) is 4.47. The highest BCUT2D eigenvalue weighted by Gasteiger charge is 2.36. The molecule has 1 aliphatic rings. The first-order chi connectivity index (χ1) is 14.7. The fourth-order valence-corrected chi connectivity index (χ4v) is 2.43. The summed E-state index contributed by atoms with van der Waals surface area (Å²) in [5.41, 5.74) is 0.227. The quantitative estimate of drug-likeness (QED) is 0.142. The number of ether oxygens (including phenoxy) is 8. The molecule has 176 valence electrons. The fourth-order valence-electron chi connectivity index (χ4n) is 2.43. The van der Waals surface area contributed by atoms with Gasteiger partial charge in [-0.05, 0) is 6.42 Å². The first-order valence-corrected chi connectivity index (χ1v) is 10.6. The van der Waals surface area contributed by atoms with Gasteiger partial charge in [-0.3, -0.25) is 0 Å². The lowest BCUT2D eigenvalue weighted by atomic mass is 9.84. The molecule has 1 rings (SSSR count). The van der Waals surface area contributed by atoms with Crippen LogP contribution >= 0.6 is 0 Å². The molecule has 0 saturated carbocycles. The summed E-state index contributed by atoms with van der Waals surface area (Å²) in [6.45, 7) is 13.5. The van der Waals surface area contributed by atoms with Gasteiger partial charge in [0.2, 0.25) is 0 Å². The van der Waals surface area contributed by atoms with Crippen LogP contribution in [-0.4, -0.2) is 105 Å². The predicted octanol–water partition coefficient (Wildman–Crippen LogP) is 1.24. The summed E-state index contributed by atoms with van der Waals surface area (Å²) in [6, 6.07) is 0. The van der Waals surface area contributed by atoms with Gasteiger partial charge in [0.25, 0.3) is 0 Å². The average Bonchev–Trinajstić information content (AvgIpc) is 2.73. The smallest absolute Gasteiger partial charge is 0.330 e. The van der Waals surface area contributed by atoms with Crippen molar-refractivity contribution in [3.63, 3.8) is 0 Å². The third kappa shape index (κ3) is 14.0. The van der Waals surface area contributed by atoms with E-state index in [1.54, 1.807) is 0 Å². The van der Waals surface area contributed by atoms with Gasteiger partial charge in [-0.2, -0.15) is 0 Å². The Kier molecular flexibility index (Phi) is 16.8. The number of rotatable bonds is 22. The van der Waals surface area contributed by atoms with Crippen molar-refractivity contribution < 1.29 is 42.7 Å². The van der Waals surface area contributed by atoms with Gasteiger partial charge in [-0.1, -0.05) is 13.5 Å². The molecule has 9 nitrogen and oxygen atoms in total. The van der Waals surface area contributed by atoms with Gasteiger partial charge in [-0.15, -0.1) is 0 Å². The van der Waals surface area contributed by atoms with Crippen LogP contribution in [0.1, 0.15) is 13.3 Å². The van der Waals surface area contributed by atoms with Gasteiger partial charge < -0.3 is 37.9 Å². The largest absolute Gasteiger partial charge is 0.460 e. The van der Waals surface area contributed by atoms with Crippen molar-refractivity contribution in [1.29, 1.82) is 0 Å². The molecule has 0 N–H and O–H groups in total. The Labute approximate surface area is 179 Å². The first kappa shape index (κ1) is 27.0. The molecule has 1 fully saturated rings. The number of hydrogen-bond donors (Lipinski definition) is 0. The van der Waals surface area contributed by atoms with E-state index < -0.39 is 5.97 Å². The summed E-state index contributed by atoms with van der Waals surface area (Å²) in [4.78, 5) is 10.8. The van der Waals surface area contributed by atoms with E-state index in [0.717, 1.165) is 32.3 Å². The molecule has 9 heteroatoms. The molecule has 30 heavy (non-hydrogen) atoms. The minimum Gasteiger partial charge on any atom is -0.460 e. The van der Waals surface area contributed by atoms with Gasteiger partial charge in [0.1, 0.15) is 6.61 Å². The first-order valence-electron chi connectivity index (χ1n) is 10.6. The van der Waals surface area contributed by atoms with E-state index in [4.69, 9.17) is 37.9 Å². The van der Waals surface area contributed by atoms with Crippen molar-refractivity contribution in [3.05, 3.63) is 12.7 Å². The molecule has 0 radical (unpaired) electrons. The Morgan fingerprint density at radius 1 is 0.767 bits per heavy atom. The summed E-state index contributed by atoms with van der Waals surface area (Å²) >= 11 is 0. The maximum Gasteiger partial charge on any atom is 0.330 e. The molecule has 0 unspecified atom stereocenters. The van der Waals surface area contributed by atoms with Crippen LogP contribution in [-0.2, 0) is 42.7 Å². The Balaban J connectivity index is 1.67. The Morgan fingerprint density at radius 3 is 1.50 bits per heavy atom. The van der Waals surface area contributed by atoms with Crippen molar-refractivity contribution in [3.8, 4) is 0 Å². The van der Waals surface area contributed by atoms with Crippen molar-refractivity contribution in [1.82, 2.24) is 0 Å². The lowest BCUT2D eigenvalue weighted by Gasteiger charge is -2.40. The van der Waals surface area contributed by atoms with Crippen LogP contribution in [0, 0.1) is 5.41 Å². The third-order valence-corrected chi connectivity index (χ3v) is 4.47. The average molecular weight is 435 g/mol. The lowest BCUT2D eigenvalue weighted by Crippen LogP contribution is -2.45.